The maximum Gasteiger partial charge on any atom is 0.268 e. The van der Waals surface area contributed by atoms with E-state index in [1.54, 1.807) is 12.1 Å². The van der Waals surface area contributed by atoms with Crippen LogP contribution in [0, 0.1) is 13.8 Å². The van der Waals surface area contributed by atoms with E-state index in [9.17, 15) is 9.59 Å². The molecule has 0 saturated heterocycles. The quantitative estimate of drug-likeness (QED) is 0.777. The van der Waals surface area contributed by atoms with Crippen molar-refractivity contribution in [3.8, 4) is 0 Å². The minimum Gasteiger partial charge on any atom is -0.348 e. The molecule has 1 heterocycles. The second-order valence-corrected chi connectivity index (χ2v) is 7.76. The van der Waals surface area contributed by atoms with Crippen LogP contribution in [-0.4, -0.2) is 17.9 Å². The van der Waals surface area contributed by atoms with Crippen LogP contribution in [0.4, 0.5) is 0 Å². The molecule has 0 bridgehead atoms. The van der Waals surface area contributed by atoms with E-state index in [1.807, 2.05) is 43.5 Å². The van der Waals surface area contributed by atoms with Crippen LogP contribution in [0.15, 0.2) is 41.4 Å². The number of carbonyl (C=O) groups is 2. The maximum absolute atomic E-state index is 12.7. The van der Waals surface area contributed by atoms with E-state index < -0.39 is 0 Å². The van der Waals surface area contributed by atoms with Crippen molar-refractivity contribution in [3.05, 3.63) is 63.0 Å². The zero-order valence-electron chi connectivity index (χ0n) is 15.2. The van der Waals surface area contributed by atoms with Crippen molar-refractivity contribution in [3.63, 3.8) is 0 Å². The van der Waals surface area contributed by atoms with Gasteiger partial charge in [0.25, 0.3) is 11.8 Å². The lowest BCUT2D eigenvalue weighted by molar-refractivity contribution is -0.118. The highest BCUT2D eigenvalue weighted by Crippen LogP contribution is 2.19. The second kappa shape index (κ2) is 8.32. The molecule has 136 valence electrons. The molecule has 0 radical (unpaired) electrons. The Morgan fingerprint density at radius 1 is 1.12 bits per heavy atom. The third kappa shape index (κ3) is 4.61. The molecule has 0 unspecified atom stereocenters. The van der Waals surface area contributed by atoms with Crippen molar-refractivity contribution in [1.29, 1.82) is 0 Å². The summed E-state index contributed by atoms with van der Waals surface area (Å²) >= 11 is 1.53. The number of rotatable bonds is 5. The van der Waals surface area contributed by atoms with Gasteiger partial charge in [-0.2, -0.15) is 0 Å². The van der Waals surface area contributed by atoms with E-state index in [0.717, 1.165) is 41.7 Å². The van der Waals surface area contributed by atoms with E-state index in [2.05, 4.69) is 10.6 Å². The number of carbonyl (C=O) groups excluding carboxylic acids is 2. The molecule has 1 aromatic heterocycles. The molecule has 26 heavy (non-hydrogen) atoms. The van der Waals surface area contributed by atoms with Gasteiger partial charge < -0.3 is 10.6 Å². The first-order valence-electron chi connectivity index (χ1n) is 8.97. The Kier molecular flexibility index (Phi) is 5.89. The summed E-state index contributed by atoms with van der Waals surface area (Å²) in [6, 6.07) is 9.61. The van der Waals surface area contributed by atoms with Gasteiger partial charge in [-0.15, -0.1) is 11.3 Å². The molecule has 2 N–H and O–H groups in total. The number of benzene rings is 1. The predicted octanol–water partition coefficient (Wildman–Crippen LogP) is 4.19. The number of hydrogen-bond acceptors (Lipinski definition) is 3. The molecule has 1 saturated carbocycles. The highest BCUT2D eigenvalue weighted by molar-refractivity contribution is 7.10. The average molecular weight is 369 g/mol. The second-order valence-electron chi connectivity index (χ2n) is 6.78. The number of nitrogens with one attached hydrogen (secondary N) is 2. The standard InChI is InChI=1S/C21H24N2O2S/c1-14-9-10-16(12-15(14)2)20(24)23-19(13-18-8-5-11-26-18)21(25)22-17-6-3-4-7-17/h5,8-13,17H,3-4,6-7H2,1-2H3,(H,22,25)(H,23,24)/b19-13+. The van der Waals surface area contributed by atoms with Crippen LogP contribution in [0.2, 0.25) is 0 Å². The van der Waals surface area contributed by atoms with E-state index >= 15 is 0 Å². The van der Waals surface area contributed by atoms with E-state index in [-0.39, 0.29) is 17.9 Å². The van der Waals surface area contributed by atoms with Crippen LogP contribution < -0.4 is 10.6 Å². The SMILES string of the molecule is Cc1ccc(C(=O)N/C(=C/c2cccs2)C(=O)NC2CCCC2)cc1C. The fourth-order valence-corrected chi connectivity index (χ4v) is 3.74. The molecular formula is C21H24N2O2S. The third-order valence-electron chi connectivity index (χ3n) is 4.78. The van der Waals surface area contributed by atoms with Crippen LogP contribution >= 0.6 is 11.3 Å². The molecule has 4 nitrogen and oxygen atoms in total. The van der Waals surface area contributed by atoms with Crippen LogP contribution in [0.5, 0.6) is 0 Å². The molecule has 3 rings (SSSR count). The Balaban J connectivity index is 1.79. The van der Waals surface area contributed by atoms with Gasteiger partial charge in [0, 0.05) is 16.5 Å². The van der Waals surface area contributed by atoms with Crippen LogP contribution in [0.25, 0.3) is 6.08 Å². The monoisotopic (exact) mass is 368 g/mol. The first-order chi connectivity index (χ1) is 12.5. The number of thiophene rings is 1. The van der Waals surface area contributed by atoms with Gasteiger partial charge in [-0.1, -0.05) is 25.0 Å². The molecule has 1 aliphatic carbocycles. The summed E-state index contributed by atoms with van der Waals surface area (Å²) in [4.78, 5) is 26.3. The van der Waals surface area contributed by atoms with Gasteiger partial charge in [-0.05, 0) is 67.5 Å². The predicted molar refractivity (Wildman–Crippen MR) is 106 cm³/mol. The smallest absolute Gasteiger partial charge is 0.268 e. The zero-order chi connectivity index (χ0) is 18.5. The lowest BCUT2D eigenvalue weighted by atomic mass is 10.1. The van der Waals surface area contributed by atoms with Crippen LogP contribution in [-0.2, 0) is 4.79 Å². The van der Waals surface area contributed by atoms with Gasteiger partial charge >= 0.3 is 0 Å². The Bertz CT molecular complexity index is 819. The van der Waals surface area contributed by atoms with Gasteiger partial charge in [0.05, 0.1) is 0 Å². The summed E-state index contributed by atoms with van der Waals surface area (Å²) in [5, 5.41) is 7.81. The fourth-order valence-electron chi connectivity index (χ4n) is 3.08. The van der Waals surface area contributed by atoms with Crippen molar-refractivity contribution in [2.24, 2.45) is 0 Å². The molecule has 1 aromatic carbocycles. The van der Waals surface area contributed by atoms with E-state index in [1.165, 1.54) is 11.3 Å². The van der Waals surface area contributed by atoms with Crippen LogP contribution in [0.1, 0.15) is 52.0 Å². The first kappa shape index (κ1) is 18.4. The fraction of sp³-hybridized carbons (Fsp3) is 0.333. The molecule has 0 spiro atoms. The van der Waals surface area contributed by atoms with Crippen LogP contribution in [0.3, 0.4) is 0 Å². The summed E-state index contributed by atoms with van der Waals surface area (Å²) in [5.41, 5.74) is 3.04. The molecule has 5 heteroatoms. The van der Waals surface area contributed by atoms with Gasteiger partial charge in [0.15, 0.2) is 0 Å². The Morgan fingerprint density at radius 3 is 2.54 bits per heavy atom. The Morgan fingerprint density at radius 2 is 1.88 bits per heavy atom. The number of amides is 2. The van der Waals surface area contributed by atoms with E-state index in [0.29, 0.717) is 11.3 Å². The number of aryl methyl sites for hydroxylation is 2. The molecule has 1 aliphatic rings. The minimum atomic E-state index is -0.266. The summed E-state index contributed by atoms with van der Waals surface area (Å²) < 4.78 is 0. The molecule has 2 amide bonds. The van der Waals surface area contributed by atoms with Crippen molar-refractivity contribution < 1.29 is 9.59 Å². The normalized spacial score (nSPS) is 15.1. The van der Waals surface area contributed by atoms with Gasteiger partial charge in [0.1, 0.15) is 5.70 Å². The highest BCUT2D eigenvalue weighted by Gasteiger charge is 2.21. The summed E-state index contributed by atoms with van der Waals surface area (Å²) in [7, 11) is 0. The van der Waals surface area contributed by atoms with E-state index in [4.69, 9.17) is 0 Å². The Hall–Kier alpha value is -2.40. The summed E-state index contributed by atoms with van der Waals surface area (Å²) in [6.45, 7) is 3.98. The van der Waals surface area contributed by atoms with Crippen molar-refractivity contribution >= 4 is 29.2 Å². The molecule has 1 fully saturated rings. The van der Waals surface area contributed by atoms with Gasteiger partial charge in [-0.25, -0.2) is 0 Å². The van der Waals surface area contributed by atoms with Crippen molar-refractivity contribution in [2.45, 2.75) is 45.6 Å². The molecular weight excluding hydrogens is 344 g/mol. The zero-order valence-corrected chi connectivity index (χ0v) is 16.0. The van der Waals surface area contributed by atoms with Gasteiger partial charge in [-0.3, -0.25) is 9.59 Å². The summed E-state index contributed by atoms with van der Waals surface area (Å²) in [5.74, 6) is -0.486. The van der Waals surface area contributed by atoms with Crippen molar-refractivity contribution in [2.75, 3.05) is 0 Å². The molecule has 0 aliphatic heterocycles. The number of hydrogen-bond donors (Lipinski definition) is 2. The first-order valence-corrected chi connectivity index (χ1v) is 9.85. The largest absolute Gasteiger partial charge is 0.348 e. The topological polar surface area (TPSA) is 58.2 Å². The maximum atomic E-state index is 12.7. The Labute approximate surface area is 158 Å². The summed E-state index contributed by atoms with van der Waals surface area (Å²) in [6.07, 6.45) is 6.04. The third-order valence-corrected chi connectivity index (χ3v) is 5.60. The van der Waals surface area contributed by atoms with Crippen molar-refractivity contribution in [1.82, 2.24) is 10.6 Å². The highest BCUT2D eigenvalue weighted by atomic mass is 32.1. The lowest BCUT2D eigenvalue weighted by Gasteiger charge is -2.15. The lowest BCUT2D eigenvalue weighted by Crippen LogP contribution is -2.39. The van der Waals surface area contributed by atoms with Gasteiger partial charge in [0.2, 0.25) is 0 Å². The minimum absolute atomic E-state index is 0.202. The molecule has 0 atom stereocenters. The average Bonchev–Trinajstić information content (AvgIpc) is 3.30. The molecule has 2 aromatic rings.